The van der Waals surface area contributed by atoms with Gasteiger partial charge in [0.15, 0.2) is 11.5 Å². The molecule has 8 heteroatoms. The maximum atomic E-state index is 12.9. The van der Waals surface area contributed by atoms with Crippen molar-refractivity contribution in [1.29, 1.82) is 0 Å². The zero-order chi connectivity index (χ0) is 22.7. The molecule has 1 fully saturated rings. The molecule has 0 aliphatic carbocycles. The molecule has 168 valence electrons. The number of rotatable bonds is 5. The summed E-state index contributed by atoms with van der Waals surface area (Å²) in [7, 11) is -3.52. The smallest absolute Gasteiger partial charge is 0.277 e. The van der Waals surface area contributed by atoms with E-state index in [-0.39, 0.29) is 10.6 Å². The molecular weight excluding hydrogens is 426 g/mol. The molecule has 2 heterocycles. The van der Waals surface area contributed by atoms with Crippen LogP contribution in [0.2, 0.25) is 0 Å². The Morgan fingerprint density at radius 2 is 1.62 bits per heavy atom. The van der Waals surface area contributed by atoms with Gasteiger partial charge in [0, 0.05) is 30.4 Å². The van der Waals surface area contributed by atoms with Crippen LogP contribution in [-0.2, 0) is 10.0 Å². The molecule has 0 unspecified atom stereocenters. The van der Waals surface area contributed by atoms with Crippen LogP contribution >= 0.6 is 0 Å². The van der Waals surface area contributed by atoms with Crippen molar-refractivity contribution in [3.8, 4) is 11.3 Å². The number of aryl methyl sites for hydroxylation is 2. The maximum Gasteiger partial charge on any atom is 0.277 e. The van der Waals surface area contributed by atoms with Gasteiger partial charge in [0.05, 0.1) is 4.90 Å². The first-order valence-electron chi connectivity index (χ1n) is 10.8. The molecule has 0 bridgehead atoms. The van der Waals surface area contributed by atoms with E-state index in [0.29, 0.717) is 24.5 Å². The zero-order valence-corrected chi connectivity index (χ0v) is 19.1. The van der Waals surface area contributed by atoms with Crippen molar-refractivity contribution in [3.05, 3.63) is 65.4 Å². The molecule has 4 rings (SSSR count). The monoisotopic (exact) mass is 453 g/mol. The fourth-order valence-corrected chi connectivity index (χ4v) is 5.27. The zero-order valence-electron chi connectivity index (χ0n) is 18.3. The second-order valence-electron chi connectivity index (χ2n) is 8.17. The van der Waals surface area contributed by atoms with Gasteiger partial charge in [0.25, 0.3) is 5.91 Å². The Morgan fingerprint density at radius 3 is 2.28 bits per heavy atom. The highest BCUT2D eigenvalue weighted by Crippen LogP contribution is 2.24. The average Bonchev–Trinajstić information content (AvgIpc) is 3.11. The van der Waals surface area contributed by atoms with Gasteiger partial charge in [-0.2, -0.15) is 4.31 Å². The van der Waals surface area contributed by atoms with E-state index in [4.69, 9.17) is 4.52 Å². The number of nitrogens with one attached hydrogen (secondary N) is 1. The highest BCUT2D eigenvalue weighted by molar-refractivity contribution is 7.89. The van der Waals surface area contributed by atoms with E-state index in [2.05, 4.69) is 10.5 Å². The summed E-state index contributed by atoms with van der Waals surface area (Å²) in [5, 5.41) is 6.62. The quantitative estimate of drug-likeness (QED) is 0.600. The van der Waals surface area contributed by atoms with Crippen molar-refractivity contribution in [2.75, 3.05) is 18.4 Å². The summed E-state index contributed by atoms with van der Waals surface area (Å²) in [6.07, 6.45) is 3.89. The Labute approximate surface area is 188 Å². The lowest BCUT2D eigenvalue weighted by atomic mass is 10.0. The first-order valence-corrected chi connectivity index (χ1v) is 12.2. The summed E-state index contributed by atoms with van der Waals surface area (Å²) in [5.74, 6) is 0.0871. The molecular formula is C24H27N3O4S. The van der Waals surface area contributed by atoms with Gasteiger partial charge < -0.3 is 9.84 Å². The Morgan fingerprint density at radius 1 is 0.938 bits per heavy atom. The molecule has 1 aliphatic heterocycles. The van der Waals surface area contributed by atoms with Crippen molar-refractivity contribution in [3.63, 3.8) is 0 Å². The van der Waals surface area contributed by atoms with E-state index >= 15 is 0 Å². The van der Waals surface area contributed by atoms with E-state index in [1.807, 2.05) is 32.0 Å². The summed E-state index contributed by atoms with van der Waals surface area (Å²) in [5.41, 5.74) is 3.79. The fraction of sp³-hybridized carbons (Fsp3) is 0.333. The lowest BCUT2D eigenvalue weighted by Gasteiger charge is -2.20. The van der Waals surface area contributed by atoms with E-state index < -0.39 is 15.9 Å². The number of aromatic nitrogens is 1. The number of anilines is 1. The number of carbonyl (C=O) groups is 1. The van der Waals surface area contributed by atoms with Gasteiger partial charge in [-0.05, 0) is 68.1 Å². The van der Waals surface area contributed by atoms with Gasteiger partial charge in [0.1, 0.15) is 0 Å². The summed E-state index contributed by atoms with van der Waals surface area (Å²) < 4.78 is 32.7. The number of amides is 1. The van der Waals surface area contributed by atoms with E-state index in [0.717, 1.165) is 36.8 Å². The molecule has 1 amide bonds. The lowest BCUT2D eigenvalue weighted by Crippen LogP contribution is -2.31. The minimum Gasteiger partial charge on any atom is -0.355 e. The van der Waals surface area contributed by atoms with Crippen molar-refractivity contribution in [2.24, 2.45) is 0 Å². The number of carbonyl (C=O) groups excluding carboxylic acids is 1. The Bertz CT molecular complexity index is 1210. The minimum atomic E-state index is -3.52. The summed E-state index contributed by atoms with van der Waals surface area (Å²) in [6.45, 7) is 5.15. The highest BCUT2D eigenvalue weighted by Gasteiger charge is 2.25. The van der Waals surface area contributed by atoms with Gasteiger partial charge in [0.2, 0.25) is 10.0 Å². The van der Waals surface area contributed by atoms with Crippen molar-refractivity contribution < 1.29 is 17.7 Å². The first-order chi connectivity index (χ1) is 15.3. The van der Waals surface area contributed by atoms with Crippen LogP contribution < -0.4 is 5.32 Å². The molecule has 1 saturated heterocycles. The molecule has 1 aromatic heterocycles. The third kappa shape index (κ3) is 4.76. The van der Waals surface area contributed by atoms with E-state index in [9.17, 15) is 13.2 Å². The molecule has 0 saturated carbocycles. The third-order valence-electron chi connectivity index (χ3n) is 5.85. The Balaban J connectivity index is 1.45. The number of benzene rings is 2. The molecule has 7 nitrogen and oxygen atoms in total. The van der Waals surface area contributed by atoms with Crippen molar-refractivity contribution >= 4 is 21.6 Å². The van der Waals surface area contributed by atoms with Crippen LogP contribution in [0.4, 0.5) is 5.69 Å². The van der Waals surface area contributed by atoms with Gasteiger partial charge in [-0.15, -0.1) is 0 Å². The summed E-state index contributed by atoms with van der Waals surface area (Å²) in [4.78, 5) is 12.8. The number of sulfonamides is 1. The molecule has 1 aliphatic rings. The van der Waals surface area contributed by atoms with Gasteiger partial charge in [-0.1, -0.05) is 30.1 Å². The summed E-state index contributed by atoms with van der Waals surface area (Å²) >= 11 is 0. The molecule has 0 spiro atoms. The first kappa shape index (κ1) is 22.2. The normalized spacial score (nSPS) is 15.3. The molecule has 0 radical (unpaired) electrons. The largest absolute Gasteiger partial charge is 0.355 e. The SMILES string of the molecule is Cc1ccc(-c2cc(C(=O)Nc3ccc(S(=O)(=O)N4CCCCCC4)cc3)no2)cc1C. The molecule has 0 atom stereocenters. The minimum absolute atomic E-state index is 0.152. The predicted molar refractivity (Wildman–Crippen MR) is 123 cm³/mol. The maximum absolute atomic E-state index is 12.9. The van der Waals surface area contributed by atoms with Crippen LogP contribution in [0.15, 0.2) is 57.9 Å². The second-order valence-corrected chi connectivity index (χ2v) is 10.1. The van der Waals surface area contributed by atoms with Crippen LogP contribution in [0.3, 0.4) is 0 Å². The van der Waals surface area contributed by atoms with Crippen LogP contribution in [0, 0.1) is 13.8 Å². The predicted octanol–water partition coefficient (Wildman–Crippen LogP) is 4.78. The van der Waals surface area contributed by atoms with Crippen LogP contribution in [-0.4, -0.2) is 36.9 Å². The Kier molecular flexibility index (Phi) is 6.43. The standard InChI is InChI=1S/C24H27N3O4S/c1-17-7-8-19(15-18(17)2)23-16-22(26-31-23)24(28)25-20-9-11-21(12-10-20)32(29,30)27-13-5-3-4-6-14-27/h7-12,15-16H,3-6,13-14H2,1-2H3,(H,25,28). The van der Waals surface area contributed by atoms with Crippen molar-refractivity contribution in [2.45, 2.75) is 44.4 Å². The molecule has 2 aromatic carbocycles. The molecule has 32 heavy (non-hydrogen) atoms. The molecule has 3 aromatic rings. The fourth-order valence-electron chi connectivity index (χ4n) is 3.75. The van der Waals surface area contributed by atoms with E-state index in [1.54, 1.807) is 22.5 Å². The highest BCUT2D eigenvalue weighted by atomic mass is 32.2. The topological polar surface area (TPSA) is 92.5 Å². The van der Waals surface area contributed by atoms with Crippen LogP contribution in [0.25, 0.3) is 11.3 Å². The number of hydrogen-bond donors (Lipinski definition) is 1. The van der Waals surface area contributed by atoms with E-state index in [1.165, 1.54) is 17.7 Å². The van der Waals surface area contributed by atoms with Crippen LogP contribution in [0.5, 0.6) is 0 Å². The summed E-state index contributed by atoms with van der Waals surface area (Å²) in [6, 6.07) is 13.7. The average molecular weight is 454 g/mol. The number of hydrogen-bond acceptors (Lipinski definition) is 5. The second kappa shape index (κ2) is 9.26. The number of nitrogens with zero attached hydrogens (tertiary/aromatic N) is 2. The van der Waals surface area contributed by atoms with Crippen molar-refractivity contribution in [1.82, 2.24) is 9.46 Å². The van der Waals surface area contributed by atoms with Gasteiger partial charge >= 0.3 is 0 Å². The van der Waals surface area contributed by atoms with Gasteiger partial charge in [-0.3, -0.25) is 4.79 Å². The Hall–Kier alpha value is -2.97. The molecule has 1 N–H and O–H groups in total. The van der Waals surface area contributed by atoms with Crippen LogP contribution in [0.1, 0.15) is 47.3 Å². The lowest BCUT2D eigenvalue weighted by molar-refractivity contribution is 0.101. The third-order valence-corrected chi connectivity index (χ3v) is 7.76. The van der Waals surface area contributed by atoms with Gasteiger partial charge in [-0.25, -0.2) is 8.42 Å².